The first-order valence-electron chi connectivity index (χ1n) is 6.36. The standard InChI is InChI=1S/C13H16F3N3/c1-18-8-10-7-17-4-5-19(10)11-3-2-9(6-12(11)18)13(14,15)16/h2-3,6,10,17H,4-5,7-8H2,1H3/t10-/m0/s1. The van der Waals surface area contributed by atoms with E-state index in [4.69, 9.17) is 0 Å². The lowest BCUT2D eigenvalue weighted by atomic mass is 10.0. The van der Waals surface area contributed by atoms with E-state index in [-0.39, 0.29) is 0 Å². The molecule has 0 aromatic heterocycles. The third-order valence-corrected chi connectivity index (χ3v) is 3.86. The number of rotatable bonds is 0. The molecule has 0 unspecified atom stereocenters. The summed E-state index contributed by atoms with van der Waals surface area (Å²) in [6.45, 7) is 3.35. The molecule has 0 bridgehead atoms. The first-order valence-corrected chi connectivity index (χ1v) is 6.36. The molecule has 2 aliphatic rings. The molecule has 0 radical (unpaired) electrons. The summed E-state index contributed by atoms with van der Waals surface area (Å²) < 4.78 is 38.3. The number of nitrogens with one attached hydrogen (secondary N) is 1. The Kier molecular flexibility index (Phi) is 2.85. The van der Waals surface area contributed by atoms with Crippen LogP contribution in [0.25, 0.3) is 0 Å². The zero-order valence-corrected chi connectivity index (χ0v) is 10.7. The van der Waals surface area contributed by atoms with E-state index in [1.165, 1.54) is 12.1 Å². The Morgan fingerprint density at radius 1 is 1.26 bits per heavy atom. The van der Waals surface area contributed by atoms with Gasteiger partial charge in [-0.05, 0) is 18.2 Å². The number of hydrogen-bond donors (Lipinski definition) is 1. The van der Waals surface area contributed by atoms with E-state index in [2.05, 4.69) is 10.2 Å². The van der Waals surface area contributed by atoms with Gasteiger partial charge in [-0.1, -0.05) is 0 Å². The van der Waals surface area contributed by atoms with Gasteiger partial charge < -0.3 is 15.1 Å². The molecular formula is C13H16F3N3. The average Bonchev–Trinajstić information content (AvgIpc) is 2.37. The van der Waals surface area contributed by atoms with Gasteiger partial charge in [0.15, 0.2) is 0 Å². The zero-order chi connectivity index (χ0) is 13.6. The lowest BCUT2D eigenvalue weighted by Crippen LogP contribution is -2.58. The predicted molar refractivity (Wildman–Crippen MR) is 68.7 cm³/mol. The van der Waals surface area contributed by atoms with Gasteiger partial charge in [0.2, 0.25) is 0 Å². The van der Waals surface area contributed by atoms with Crippen LogP contribution in [-0.4, -0.2) is 39.3 Å². The van der Waals surface area contributed by atoms with Gasteiger partial charge in [-0.25, -0.2) is 0 Å². The molecule has 19 heavy (non-hydrogen) atoms. The summed E-state index contributed by atoms with van der Waals surface area (Å²) >= 11 is 0. The summed E-state index contributed by atoms with van der Waals surface area (Å²) in [7, 11) is 1.85. The van der Waals surface area contributed by atoms with Crippen LogP contribution in [0.4, 0.5) is 24.5 Å². The van der Waals surface area contributed by atoms with Crippen LogP contribution in [0.5, 0.6) is 0 Å². The van der Waals surface area contributed by atoms with Crippen molar-refractivity contribution in [2.45, 2.75) is 12.2 Å². The van der Waals surface area contributed by atoms with Gasteiger partial charge in [-0.2, -0.15) is 13.2 Å². The van der Waals surface area contributed by atoms with E-state index >= 15 is 0 Å². The topological polar surface area (TPSA) is 18.5 Å². The number of alkyl halides is 3. The fourth-order valence-electron chi connectivity index (χ4n) is 2.90. The van der Waals surface area contributed by atoms with Gasteiger partial charge >= 0.3 is 6.18 Å². The van der Waals surface area contributed by atoms with E-state index in [9.17, 15) is 13.2 Å². The van der Waals surface area contributed by atoms with Crippen molar-refractivity contribution in [2.75, 3.05) is 43.0 Å². The van der Waals surface area contributed by atoms with Crippen molar-refractivity contribution in [1.29, 1.82) is 0 Å². The van der Waals surface area contributed by atoms with Crippen LogP contribution >= 0.6 is 0 Å². The molecule has 6 heteroatoms. The highest BCUT2D eigenvalue weighted by Crippen LogP contribution is 2.39. The number of halogens is 3. The molecule has 3 nitrogen and oxygen atoms in total. The molecule has 0 aliphatic carbocycles. The zero-order valence-electron chi connectivity index (χ0n) is 10.7. The number of anilines is 2. The Labute approximate surface area is 110 Å². The van der Waals surface area contributed by atoms with Gasteiger partial charge in [0.1, 0.15) is 0 Å². The number of fused-ring (bicyclic) bond motifs is 3. The van der Waals surface area contributed by atoms with Crippen LogP contribution in [-0.2, 0) is 6.18 Å². The second kappa shape index (κ2) is 4.30. The largest absolute Gasteiger partial charge is 0.416 e. The van der Waals surface area contributed by atoms with Crippen LogP contribution in [0, 0.1) is 0 Å². The summed E-state index contributed by atoms with van der Waals surface area (Å²) in [5.74, 6) is 0. The molecule has 1 N–H and O–H groups in total. The van der Waals surface area contributed by atoms with Crippen molar-refractivity contribution in [2.24, 2.45) is 0 Å². The fourth-order valence-corrected chi connectivity index (χ4v) is 2.90. The lowest BCUT2D eigenvalue weighted by Gasteiger charge is -2.46. The molecule has 1 atom stereocenters. The molecule has 2 aliphatic heterocycles. The third kappa shape index (κ3) is 2.14. The van der Waals surface area contributed by atoms with Gasteiger partial charge in [0, 0.05) is 33.2 Å². The Balaban J connectivity index is 2.02. The second-order valence-corrected chi connectivity index (χ2v) is 5.13. The molecular weight excluding hydrogens is 255 g/mol. The van der Waals surface area contributed by atoms with Crippen molar-refractivity contribution in [3.63, 3.8) is 0 Å². The minimum absolute atomic E-state index is 0.336. The highest BCUT2D eigenvalue weighted by atomic mass is 19.4. The summed E-state index contributed by atoms with van der Waals surface area (Å²) in [5.41, 5.74) is 1.01. The highest BCUT2D eigenvalue weighted by Gasteiger charge is 2.35. The highest BCUT2D eigenvalue weighted by molar-refractivity contribution is 5.75. The summed E-state index contributed by atoms with van der Waals surface area (Å²) in [5, 5.41) is 3.32. The maximum atomic E-state index is 12.8. The maximum Gasteiger partial charge on any atom is 0.416 e. The van der Waals surface area contributed by atoms with Gasteiger partial charge in [-0.15, -0.1) is 0 Å². The minimum atomic E-state index is -4.28. The van der Waals surface area contributed by atoms with Crippen LogP contribution in [0.3, 0.4) is 0 Å². The Hall–Kier alpha value is -1.43. The van der Waals surface area contributed by atoms with Gasteiger partial charge in [0.05, 0.1) is 23.0 Å². The van der Waals surface area contributed by atoms with E-state index in [1.54, 1.807) is 6.07 Å². The molecule has 104 valence electrons. The average molecular weight is 271 g/mol. The Bertz CT molecular complexity index is 487. The Morgan fingerprint density at radius 2 is 2.05 bits per heavy atom. The number of hydrogen-bond acceptors (Lipinski definition) is 3. The summed E-state index contributed by atoms with van der Waals surface area (Å²) in [6, 6.07) is 4.37. The van der Waals surface area contributed by atoms with Crippen molar-refractivity contribution >= 4 is 11.4 Å². The van der Waals surface area contributed by atoms with Gasteiger partial charge in [0.25, 0.3) is 0 Å². The second-order valence-electron chi connectivity index (χ2n) is 5.13. The van der Waals surface area contributed by atoms with Crippen LogP contribution in [0.1, 0.15) is 5.56 Å². The number of piperazine rings is 1. The molecule has 0 saturated carbocycles. The quantitative estimate of drug-likeness (QED) is 0.778. The van der Waals surface area contributed by atoms with E-state index in [1.807, 2.05) is 11.9 Å². The SMILES string of the molecule is CN1C[C@@H]2CNCCN2c2ccc(C(F)(F)F)cc21. The Morgan fingerprint density at radius 3 is 2.79 bits per heavy atom. The van der Waals surface area contributed by atoms with Crippen molar-refractivity contribution < 1.29 is 13.2 Å². The summed E-state index contributed by atoms with van der Waals surface area (Å²) in [4.78, 5) is 4.13. The van der Waals surface area contributed by atoms with Crippen molar-refractivity contribution in [1.82, 2.24) is 5.32 Å². The third-order valence-electron chi connectivity index (χ3n) is 3.86. The lowest BCUT2D eigenvalue weighted by molar-refractivity contribution is -0.137. The number of benzene rings is 1. The monoisotopic (exact) mass is 271 g/mol. The first-order chi connectivity index (χ1) is 8.97. The maximum absolute atomic E-state index is 12.8. The van der Waals surface area contributed by atoms with Crippen molar-refractivity contribution in [3.05, 3.63) is 23.8 Å². The van der Waals surface area contributed by atoms with Crippen LogP contribution in [0.15, 0.2) is 18.2 Å². The fraction of sp³-hybridized carbons (Fsp3) is 0.538. The number of likely N-dealkylation sites (N-methyl/N-ethyl adjacent to an activating group) is 1. The van der Waals surface area contributed by atoms with Crippen molar-refractivity contribution in [3.8, 4) is 0 Å². The molecule has 3 rings (SSSR count). The normalized spacial score (nSPS) is 23.1. The summed E-state index contributed by atoms with van der Waals surface area (Å²) in [6.07, 6.45) is -4.28. The first kappa shape index (κ1) is 12.6. The predicted octanol–water partition coefficient (Wildman–Crippen LogP) is 1.93. The van der Waals surface area contributed by atoms with Gasteiger partial charge in [-0.3, -0.25) is 0 Å². The number of nitrogens with zero attached hydrogens (tertiary/aromatic N) is 2. The van der Waals surface area contributed by atoms with Crippen LogP contribution in [0.2, 0.25) is 0 Å². The smallest absolute Gasteiger partial charge is 0.371 e. The molecule has 1 fully saturated rings. The van der Waals surface area contributed by atoms with E-state index in [0.717, 1.165) is 31.9 Å². The molecule has 0 amide bonds. The molecule has 0 spiro atoms. The van der Waals surface area contributed by atoms with E-state index in [0.29, 0.717) is 11.7 Å². The van der Waals surface area contributed by atoms with Crippen LogP contribution < -0.4 is 15.1 Å². The molecule has 1 aromatic carbocycles. The minimum Gasteiger partial charge on any atom is -0.371 e. The molecule has 1 saturated heterocycles. The molecule has 2 heterocycles. The molecule has 1 aromatic rings. The van der Waals surface area contributed by atoms with E-state index < -0.39 is 11.7 Å².